The molecular formula is C19H17ClN2O3S. The van der Waals surface area contributed by atoms with E-state index in [1.807, 2.05) is 25.1 Å². The molecular weight excluding hydrogens is 372 g/mol. The summed E-state index contributed by atoms with van der Waals surface area (Å²) in [5.74, 6) is 0.925. The van der Waals surface area contributed by atoms with Crippen LogP contribution < -0.4 is 14.8 Å². The third kappa shape index (κ3) is 3.81. The molecule has 0 radical (unpaired) electrons. The predicted octanol–water partition coefficient (Wildman–Crippen LogP) is 5.04. The molecule has 3 rings (SSSR count). The van der Waals surface area contributed by atoms with E-state index >= 15 is 0 Å². The van der Waals surface area contributed by atoms with Crippen molar-refractivity contribution >= 4 is 34.5 Å². The van der Waals surface area contributed by atoms with Gasteiger partial charge in [0.2, 0.25) is 0 Å². The number of nitrogens with one attached hydrogen (secondary N) is 1. The molecule has 3 aromatic rings. The molecule has 0 saturated carbocycles. The van der Waals surface area contributed by atoms with Crippen molar-refractivity contribution in [1.29, 1.82) is 0 Å². The topological polar surface area (TPSA) is 60.5 Å². The SMILES string of the molecule is COc1ccc(NC(=O)c2sc(-c3cccc(Cl)c3)nc2C)cc1OC. The van der Waals surface area contributed by atoms with Gasteiger partial charge in [-0.15, -0.1) is 11.3 Å². The van der Waals surface area contributed by atoms with Gasteiger partial charge in [-0.1, -0.05) is 23.7 Å². The van der Waals surface area contributed by atoms with Crippen LogP contribution in [0.15, 0.2) is 42.5 Å². The number of hydrogen-bond acceptors (Lipinski definition) is 5. The second-order valence-electron chi connectivity index (χ2n) is 5.47. The van der Waals surface area contributed by atoms with Gasteiger partial charge in [-0.25, -0.2) is 4.98 Å². The van der Waals surface area contributed by atoms with Crippen LogP contribution in [-0.2, 0) is 0 Å². The summed E-state index contributed by atoms with van der Waals surface area (Å²) in [7, 11) is 3.11. The maximum absolute atomic E-state index is 12.7. The molecule has 0 aliphatic rings. The summed E-state index contributed by atoms with van der Waals surface area (Å²) in [5, 5.41) is 4.25. The van der Waals surface area contributed by atoms with Crippen LogP contribution >= 0.6 is 22.9 Å². The number of carbonyl (C=O) groups is 1. The molecule has 1 heterocycles. The summed E-state index contributed by atoms with van der Waals surface area (Å²) in [6.07, 6.45) is 0. The number of ether oxygens (including phenoxy) is 2. The molecule has 1 aromatic heterocycles. The Morgan fingerprint density at radius 3 is 2.58 bits per heavy atom. The van der Waals surface area contributed by atoms with E-state index in [9.17, 15) is 4.79 Å². The average molecular weight is 389 g/mol. The van der Waals surface area contributed by atoms with Crippen molar-refractivity contribution in [1.82, 2.24) is 4.98 Å². The fourth-order valence-corrected chi connectivity index (χ4v) is 3.60. The fourth-order valence-electron chi connectivity index (χ4n) is 2.45. The fraction of sp³-hybridized carbons (Fsp3) is 0.158. The Kier molecular flexibility index (Phi) is 5.44. The lowest BCUT2D eigenvalue weighted by Crippen LogP contribution is -2.11. The Morgan fingerprint density at radius 1 is 1.12 bits per heavy atom. The predicted molar refractivity (Wildman–Crippen MR) is 105 cm³/mol. The first-order valence-corrected chi connectivity index (χ1v) is 8.98. The molecule has 0 unspecified atom stereocenters. The van der Waals surface area contributed by atoms with Crippen LogP contribution in [-0.4, -0.2) is 25.1 Å². The highest BCUT2D eigenvalue weighted by Crippen LogP contribution is 2.32. The molecule has 0 fully saturated rings. The summed E-state index contributed by atoms with van der Waals surface area (Å²) in [5.41, 5.74) is 2.17. The van der Waals surface area contributed by atoms with Crippen molar-refractivity contribution in [2.75, 3.05) is 19.5 Å². The summed E-state index contributed by atoms with van der Waals surface area (Å²) in [6.45, 7) is 1.81. The average Bonchev–Trinajstić information content (AvgIpc) is 3.03. The summed E-state index contributed by atoms with van der Waals surface area (Å²) in [4.78, 5) is 17.7. The minimum Gasteiger partial charge on any atom is -0.493 e. The van der Waals surface area contributed by atoms with E-state index in [0.29, 0.717) is 32.8 Å². The summed E-state index contributed by atoms with van der Waals surface area (Å²) < 4.78 is 10.5. The number of methoxy groups -OCH3 is 2. The lowest BCUT2D eigenvalue weighted by atomic mass is 10.2. The van der Waals surface area contributed by atoms with E-state index in [4.69, 9.17) is 21.1 Å². The summed E-state index contributed by atoms with van der Waals surface area (Å²) in [6, 6.07) is 12.6. The first-order valence-electron chi connectivity index (χ1n) is 7.78. The first-order chi connectivity index (χ1) is 12.5. The van der Waals surface area contributed by atoms with Crippen LogP contribution in [0.25, 0.3) is 10.6 Å². The van der Waals surface area contributed by atoms with Crippen LogP contribution in [0.4, 0.5) is 5.69 Å². The zero-order chi connectivity index (χ0) is 18.7. The van der Waals surface area contributed by atoms with Crippen molar-refractivity contribution in [3.05, 3.63) is 58.1 Å². The second-order valence-corrected chi connectivity index (χ2v) is 6.90. The number of aromatic nitrogens is 1. The largest absolute Gasteiger partial charge is 0.493 e. The van der Waals surface area contributed by atoms with Crippen molar-refractivity contribution in [2.24, 2.45) is 0 Å². The van der Waals surface area contributed by atoms with Crippen molar-refractivity contribution in [2.45, 2.75) is 6.92 Å². The minimum absolute atomic E-state index is 0.222. The van der Waals surface area contributed by atoms with Gasteiger partial charge in [0, 0.05) is 22.3 Å². The Balaban J connectivity index is 1.85. The van der Waals surface area contributed by atoms with Crippen molar-refractivity contribution in [3.8, 4) is 22.1 Å². The number of carbonyl (C=O) groups excluding carboxylic acids is 1. The van der Waals surface area contributed by atoms with E-state index in [1.165, 1.54) is 11.3 Å². The number of aryl methyl sites for hydroxylation is 1. The Hall–Kier alpha value is -2.57. The number of benzene rings is 2. The molecule has 0 spiro atoms. The van der Waals surface area contributed by atoms with E-state index in [-0.39, 0.29) is 5.91 Å². The molecule has 134 valence electrons. The van der Waals surface area contributed by atoms with Crippen LogP contribution in [0, 0.1) is 6.92 Å². The van der Waals surface area contributed by atoms with E-state index in [0.717, 1.165) is 10.6 Å². The van der Waals surface area contributed by atoms with Gasteiger partial charge < -0.3 is 14.8 Å². The van der Waals surface area contributed by atoms with Gasteiger partial charge in [-0.2, -0.15) is 0 Å². The van der Waals surface area contributed by atoms with Crippen LogP contribution in [0.1, 0.15) is 15.4 Å². The maximum atomic E-state index is 12.7. The molecule has 0 bridgehead atoms. The molecule has 0 atom stereocenters. The first kappa shape index (κ1) is 18.2. The molecule has 1 N–H and O–H groups in total. The van der Waals surface area contributed by atoms with Gasteiger partial charge in [-0.3, -0.25) is 4.79 Å². The lowest BCUT2D eigenvalue weighted by molar-refractivity contribution is 0.103. The zero-order valence-electron chi connectivity index (χ0n) is 14.5. The smallest absolute Gasteiger partial charge is 0.267 e. The highest BCUT2D eigenvalue weighted by molar-refractivity contribution is 7.17. The molecule has 2 aromatic carbocycles. The maximum Gasteiger partial charge on any atom is 0.267 e. The third-order valence-corrected chi connectivity index (χ3v) is 5.16. The van der Waals surface area contributed by atoms with Crippen molar-refractivity contribution < 1.29 is 14.3 Å². The zero-order valence-corrected chi connectivity index (χ0v) is 16.1. The molecule has 0 saturated heterocycles. The number of thiazole rings is 1. The number of hydrogen-bond donors (Lipinski definition) is 1. The van der Waals surface area contributed by atoms with Crippen LogP contribution in [0.2, 0.25) is 5.02 Å². The van der Waals surface area contributed by atoms with Gasteiger partial charge in [0.25, 0.3) is 5.91 Å². The standard InChI is InChI=1S/C19H17ClN2O3S/c1-11-17(26-19(21-11)12-5-4-6-13(20)9-12)18(23)22-14-7-8-15(24-2)16(10-14)25-3/h4-10H,1-3H3,(H,22,23). The number of amides is 1. The molecule has 7 heteroatoms. The number of anilines is 1. The van der Waals surface area contributed by atoms with Crippen LogP contribution in [0.5, 0.6) is 11.5 Å². The van der Waals surface area contributed by atoms with Gasteiger partial charge in [0.15, 0.2) is 11.5 Å². The van der Waals surface area contributed by atoms with Gasteiger partial charge in [-0.05, 0) is 31.2 Å². The normalized spacial score (nSPS) is 10.5. The Morgan fingerprint density at radius 2 is 1.88 bits per heavy atom. The molecule has 26 heavy (non-hydrogen) atoms. The van der Waals surface area contributed by atoms with Gasteiger partial charge in [0.1, 0.15) is 9.88 Å². The highest BCUT2D eigenvalue weighted by Gasteiger charge is 2.17. The summed E-state index contributed by atoms with van der Waals surface area (Å²) >= 11 is 7.37. The molecule has 1 amide bonds. The molecule has 0 aliphatic carbocycles. The molecule has 0 aliphatic heterocycles. The quantitative estimate of drug-likeness (QED) is 0.665. The van der Waals surface area contributed by atoms with Gasteiger partial charge in [0.05, 0.1) is 19.9 Å². The Bertz CT molecular complexity index is 956. The number of halogens is 1. The van der Waals surface area contributed by atoms with Crippen LogP contribution in [0.3, 0.4) is 0 Å². The number of rotatable bonds is 5. The molecule has 5 nitrogen and oxygen atoms in total. The minimum atomic E-state index is -0.222. The lowest BCUT2D eigenvalue weighted by Gasteiger charge is -2.10. The van der Waals surface area contributed by atoms with E-state index in [2.05, 4.69) is 10.3 Å². The van der Waals surface area contributed by atoms with E-state index in [1.54, 1.807) is 38.5 Å². The highest BCUT2D eigenvalue weighted by atomic mass is 35.5. The monoisotopic (exact) mass is 388 g/mol. The van der Waals surface area contributed by atoms with E-state index < -0.39 is 0 Å². The second kappa shape index (κ2) is 7.76. The Labute approximate surface area is 160 Å². The number of nitrogens with zero attached hydrogens (tertiary/aromatic N) is 1. The third-order valence-electron chi connectivity index (χ3n) is 3.72. The van der Waals surface area contributed by atoms with Crippen molar-refractivity contribution in [3.63, 3.8) is 0 Å². The van der Waals surface area contributed by atoms with Gasteiger partial charge >= 0.3 is 0 Å².